The van der Waals surface area contributed by atoms with Crippen molar-refractivity contribution in [2.24, 2.45) is 5.11 Å². The van der Waals surface area contributed by atoms with E-state index in [1.165, 1.54) is 18.2 Å². The lowest BCUT2D eigenvalue weighted by molar-refractivity contribution is 0.0697. The minimum Gasteiger partial charge on any atom is -0.478 e. The summed E-state index contributed by atoms with van der Waals surface area (Å²) < 4.78 is 0. The number of carboxylic acids is 1. The Labute approximate surface area is 78.2 Å². The van der Waals surface area contributed by atoms with E-state index < -0.39 is 5.97 Å². The molecule has 0 radical (unpaired) electrons. The van der Waals surface area contributed by atoms with Gasteiger partial charge in [-0.25, -0.2) is 4.79 Å². The van der Waals surface area contributed by atoms with Crippen LogP contribution in [0.15, 0.2) is 23.3 Å². The van der Waals surface area contributed by atoms with Crippen molar-refractivity contribution >= 4 is 23.3 Å². The summed E-state index contributed by atoms with van der Waals surface area (Å²) in [7, 11) is 0. The van der Waals surface area contributed by atoms with E-state index in [2.05, 4.69) is 10.0 Å². The van der Waals surface area contributed by atoms with Crippen molar-refractivity contribution in [1.29, 1.82) is 0 Å². The van der Waals surface area contributed by atoms with Crippen LogP contribution in [0.2, 0.25) is 5.02 Å². The van der Waals surface area contributed by atoms with Gasteiger partial charge in [0.2, 0.25) is 0 Å². The van der Waals surface area contributed by atoms with Gasteiger partial charge in [0, 0.05) is 4.91 Å². The summed E-state index contributed by atoms with van der Waals surface area (Å²) in [5, 5.41) is 12.0. The molecule has 1 rings (SSSR count). The molecule has 0 atom stereocenters. The molecule has 1 N–H and O–H groups in total. The zero-order valence-corrected chi connectivity index (χ0v) is 7.06. The fourth-order valence-corrected chi connectivity index (χ4v) is 0.988. The first-order valence-corrected chi connectivity index (χ1v) is 3.61. The van der Waals surface area contributed by atoms with Gasteiger partial charge in [-0.3, -0.25) is 0 Å². The highest BCUT2D eigenvalue weighted by molar-refractivity contribution is 6.33. The normalized spacial score (nSPS) is 9.00. The number of carbonyl (C=O) groups is 1. The summed E-state index contributed by atoms with van der Waals surface area (Å²) in [6.07, 6.45) is 0. The van der Waals surface area contributed by atoms with Crippen LogP contribution in [-0.4, -0.2) is 11.1 Å². The first-order chi connectivity index (χ1) is 6.15. The molecule has 1 aromatic carbocycles. The van der Waals surface area contributed by atoms with Gasteiger partial charge in [0.1, 0.15) is 0 Å². The SMILES string of the molecule is [N-]=[N+]=Nc1ccc(C(=O)O)cc1Cl. The number of rotatable bonds is 2. The van der Waals surface area contributed by atoms with Crippen LogP contribution in [0.4, 0.5) is 5.69 Å². The first kappa shape index (κ1) is 9.38. The van der Waals surface area contributed by atoms with Crippen LogP contribution in [0.3, 0.4) is 0 Å². The summed E-state index contributed by atoms with van der Waals surface area (Å²) in [5.41, 5.74) is 8.38. The average Bonchev–Trinajstić information content (AvgIpc) is 2.08. The molecule has 0 aliphatic carbocycles. The van der Waals surface area contributed by atoms with Crippen LogP contribution >= 0.6 is 11.6 Å². The standard InChI is InChI=1S/C7H4ClN3O2/c8-5-3-4(7(12)13)1-2-6(5)10-11-9/h1-3H,(H,12,13). The quantitative estimate of drug-likeness (QED) is 0.449. The Morgan fingerprint density at radius 1 is 1.62 bits per heavy atom. The Hall–Kier alpha value is -1.71. The topological polar surface area (TPSA) is 86.1 Å². The summed E-state index contributed by atoms with van der Waals surface area (Å²) in [4.78, 5) is 13.0. The molecular formula is C7H4ClN3O2. The van der Waals surface area contributed by atoms with E-state index in [0.717, 1.165) is 0 Å². The molecular weight excluding hydrogens is 194 g/mol. The molecule has 0 aromatic heterocycles. The molecule has 13 heavy (non-hydrogen) atoms. The lowest BCUT2D eigenvalue weighted by Gasteiger charge is -1.97. The zero-order valence-electron chi connectivity index (χ0n) is 6.31. The maximum Gasteiger partial charge on any atom is 0.335 e. The van der Waals surface area contributed by atoms with Crippen molar-refractivity contribution in [3.63, 3.8) is 0 Å². The minimum absolute atomic E-state index is 0.0573. The summed E-state index contributed by atoms with van der Waals surface area (Å²) >= 11 is 5.62. The molecule has 0 spiro atoms. The predicted molar refractivity (Wildman–Crippen MR) is 47.2 cm³/mol. The van der Waals surface area contributed by atoms with E-state index in [9.17, 15) is 4.79 Å². The maximum absolute atomic E-state index is 10.5. The van der Waals surface area contributed by atoms with E-state index in [4.69, 9.17) is 22.2 Å². The third kappa shape index (κ3) is 2.11. The third-order valence-electron chi connectivity index (χ3n) is 1.35. The molecule has 0 aliphatic rings. The van der Waals surface area contributed by atoms with E-state index >= 15 is 0 Å². The molecule has 0 saturated heterocycles. The van der Waals surface area contributed by atoms with Gasteiger partial charge < -0.3 is 5.11 Å². The molecule has 0 aliphatic heterocycles. The van der Waals surface area contributed by atoms with E-state index in [1.54, 1.807) is 0 Å². The van der Waals surface area contributed by atoms with E-state index in [1.807, 2.05) is 0 Å². The monoisotopic (exact) mass is 197 g/mol. The van der Waals surface area contributed by atoms with Gasteiger partial charge in [-0.1, -0.05) is 22.8 Å². The van der Waals surface area contributed by atoms with Gasteiger partial charge in [0.05, 0.1) is 16.3 Å². The Morgan fingerprint density at radius 3 is 2.77 bits per heavy atom. The zero-order chi connectivity index (χ0) is 9.84. The summed E-state index contributed by atoms with van der Waals surface area (Å²) in [6.45, 7) is 0. The summed E-state index contributed by atoms with van der Waals surface area (Å²) in [5.74, 6) is -1.07. The fraction of sp³-hybridized carbons (Fsp3) is 0. The van der Waals surface area contributed by atoms with Crippen molar-refractivity contribution in [1.82, 2.24) is 0 Å². The Kier molecular flexibility index (Phi) is 2.74. The molecule has 1 aromatic rings. The van der Waals surface area contributed by atoms with Gasteiger partial charge in [-0.15, -0.1) is 0 Å². The second-order valence-electron chi connectivity index (χ2n) is 2.16. The van der Waals surface area contributed by atoms with Crippen LogP contribution in [0.5, 0.6) is 0 Å². The maximum atomic E-state index is 10.5. The smallest absolute Gasteiger partial charge is 0.335 e. The largest absolute Gasteiger partial charge is 0.478 e. The van der Waals surface area contributed by atoms with Crippen molar-refractivity contribution < 1.29 is 9.90 Å². The molecule has 0 heterocycles. The Morgan fingerprint density at radius 2 is 2.31 bits per heavy atom. The molecule has 0 saturated carbocycles. The number of halogens is 1. The first-order valence-electron chi connectivity index (χ1n) is 3.23. The number of carboxylic acid groups (broad SMARTS) is 1. The van der Waals surface area contributed by atoms with Gasteiger partial charge in [-0.05, 0) is 17.7 Å². The van der Waals surface area contributed by atoms with Gasteiger partial charge >= 0.3 is 5.97 Å². The molecule has 5 nitrogen and oxygen atoms in total. The molecule has 0 bridgehead atoms. The van der Waals surface area contributed by atoms with E-state index in [0.29, 0.717) is 0 Å². The van der Waals surface area contributed by atoms with Crippen molar-refractivity contribution in [3.8, 4) is 0 Å². The highest BCUT2D eigenvalue weighted by atomic mass is 35.5. The van der Waals surface area contributed by atoms with Gasteiger partial charge in [0.25, 0.3) is 0 Å². The van der Waals surface area contributed by atoms with Crippen molar-refractivity contribution in [2.45, 2.75) is 0 Å². The Bertz CT molecular complexity index is 399. The Balaban J connectivity index is 3.19. The van der Waals surface area contributed by atoms with Gasteiger partial charge in [0.15, 0.2) is 0 Å². The van der Waals surface area contributed by atoms with Gasteiger partial charge in [-0.2, -0.15) is 0 Å². The average molecular weight is 198 g/mol. The predicted octanol–water partition coefficient (Wildman–Crippen LogP) is 2.98. The van der Waals surface area contributed by atoms with Crippen molar-refractivity contribution in [2.75, 3.05) is 0 Å². The number of nitrogens with zero attached hydrogens (tertiary/aromatic N) is 3. The van der Waals surface area contributed by atoms with Crippen LogP contribution in [0, 0.1) is 0 Å². The molecule has 66 valence electrons. The second-order valence-corrected chi connectivity index (χ2v) is 2.57. The van der Waals surface area contributed by atoms with E-state index in [-0.39, 0.29) is 16.3 Å². The third-order valence-corrected chi connectivity index (χ3v) is 1.65. The molecule has 0 unspecified atom stereocenters. The van der Waals surface area contributed by atoms with Crippen molar-refractivity contribution in [3.05, 3.63) is 39.2 Å². The number of benzene rings is 1. The molecule has 0 amide bonds. The number of hydrogen-bond donors (Lipinski definition) is 1. The summed E-state index contributed by atoms with van der Waals surface area (Å²) in [6, 6.07) is 3.90. The fourth-order valence-electron chi connectivity index (χ4n) is 0.769. The lowest BCUT2D eigenvalue weighted by atomic mass is 10.2. The van der Waals surface area contributed by atoms with Crippen LogP contribution in [0.1, 0.15) is 10.4 Å². The number of hydrogen-bond acceptors (Lipinski definition) is 2. The van der Waals surface area contributed by atoms with Crippen LogP contribution in [0.25, 0.3) is 10.4 Å². The minimum atomic E-state index is -1.07. The molecule has 6 heteroatoms. The second kappa shape index (κ2) is 3.80. The lowest BCUT2D eigenvalue weighted by Crippen LogP contribution is -1.94. The van der Waals surface area contributed by atoms with Crippen LogP contribution in [-0.2, 0) is 0 Å². The van der Waals surface area contributed by atoms with Crippen LogP contribution < -0.4 is 0 Å². The number of aromatic carboxylic acids is 1. The number of azide groups is 1. The highest BCUT2D eigenvalue weighted by Crippen LogP contribution is 2.25. The molecule has 0 fully saturated rings. The highest BCUT2D eigenvalue weighted by Gasteiger charge is 2.05.